The minimum absolute atomic E-state index is 0.145. The summed E-state index contributed by atoms with van der Waals surface area (Å²) in [5.41, 5.74) is 0.732. The second kappa shape index (κ2) is 5.90. The first-order chi connectivity index (χ1) is 9.35. The van der Waals surface area contributed by atoms with E-state index in [2.05, 4.69) is 0 Å². The van der Waals surface area contributed by atoms with E-state index in [1.54, 1.807) is 12.1 Å². The third-order valence-electron chi connectivity index (χ3n) is 3.34. The maximum absolute atomic E-state index is 11.8. The lowest BCUT2D eigenvalue weighted by atomic mass is 10.1. The molecule has 2 atom stereocenters. The molecule has 6 nitrogen and oxygen atoms in total. The van der Waals surface area contributed by atoms with E-state index in [1.165, 1.54) is 4.90 Å². The summed E-state index contributed by atoms with van der Waals surface area (Å²) >= 11 is 0. The number of benzene rings is 1. The van der Waals surface area contributed by atoms with Crippen LogP contribution >= 0.6 is 0 Å². The van der Waals surface area contributed by atoms with Crippen LogP contribution in [0.2, 0.25) is 0 Å². The van der Waals surface area contributed by atoms with Gasteiger partial charge >= 0.3 is 0 Å². The predicted octanol–water partition coefficient (Wildman–Crippen LogP) is -0.143. The first-order valence-corrected chi connectivity index (χ1v) is 8.08. The fraction of sp³-hybridized carbons (Fsp3) is 0.462. The minimum atomic E-state index is -3.58. The number of nitrogens with two attached hydrogens (primary N) is 1. The van der Waals surface area contributed by atoms with Crippen LogP contribution < -0.4 is 5.14 Å². The number of aliphatic hydroxyl groups is 1. The number of sulfonamides is 1. The molecule has 110 valence electrons. The fourth-order valence-electron chi connectivity index (χ4n) is 2.46. The molecule has 0 saturated carbocycles. The maximum Gasteiger partial charge on any atom is 0.223 e. The highest BCUT2D eigenvalue weighted by Crippen LogP contribution is 2.22. The normalized spacial score (nSPS) is 21.2. The van der Waals surface area contributed by atoms with E-state index in [-0.39, 0.29) is 30.5 Å². The molecule has 0 aromatic heterocycles. The van der Waals surface area contributed by atoms with Crippen molar-refractivity contribution in [3.63, 3.8) is 0 Å². The lowest BCUT2D eigenvalue weighted by Gasteiger charge is -2.20. The molecule has 0 radical (unpaired) electrons. The van der Waals surface area contributed by atoms with E-state index in [9.17, 15) is 18.3 Å². The van der Waals surface area contributed by atoms with Gasteiger partial charge in [-0.2, -0.15) is 0 Å². The summed E-state index contributed by atoms with van der Waals surface area (Å²) in [7, 11) is -3.58. The second-order valence-electron chi connectivity index (χ2n) is 5.12. The number of rotatable bonds is 5. The van der Waals surface area contributed by atoms with Crippen LogP contribution in [0, 0.1) is 5.92 Å². The van der Waals surface area contributed by atoms with Crippen molar-refractivity contribution in [3.8, 4) is 0 Å². The van der Waals surface area contributed by atoms with Gasteiger partial charge in [0.25, 0.3) is 0 Å². The van der Waals surface area contributed by atoms with E-state index >= 15 is 0 Å². The molecule has 1 heterocycles. The number of amides is 1. The zero-order valence-electron chi connectivity index (χ0n) is 11.0. The predicted molar refractivity (Wildman–Crippen MR) is 74.1 cm³/mol. The number of hydrogen-bond acceptors (Lipinski definition) is 4. The SMILES string of the molecule is NS(=O)(=O)CC1CC(=O)N(C[C@@H](O)c2ccccc2)C1. The van der Waals surface area contributed by atoms with E-state index in [0.29, 0.717) is 6.54 Å². The summed E-state index contributed by atoms with van der Waals surface area (Å²) < 4.78 is 22.1. The number of primary sulfonamides is 1. The Morgan fingerprint density at radius 1 is 1.35 bits per heavy atom. The van der Waals surface area contributed by atoms with Crippen LogP contribution in [0.4, 0.5) is 0 Å². The smallest absolute Gasteiger partial charge is 0.223 e. The van der Waals surface area contributed by atoms with Gasteiger partial charge in [-0.3, -0.25) is 4.79 Å². The van der Waals surface area contributed by atoms with Gasteiger partial charge in [-0.25, -0.2) is 13.6 Å². The summed E-state index contributed by atoms with van der Waals surface area (Å²) in [4.78, 5) is 13.3. The molecule has 0 spiro atoms. The summed E-state index contributed by atoms with van der Waals surface area (Å²) in [5, 5.41) is 15.1. The third kappa shape index (κ3) is 4.03. The lowest BCUT2D eigenvalue weighted by molar-refractivity contribution is -0.128. The lowest BCUT2D eigenvalue weighted by Crippen LogP contribution is -2.31. The molecule has 7 heteroatoms. The van der Waals surface area contributed by atoms with E-state index in [1.807, 2.05) is 18.2 Å². The molecule has 1 unspecified atom stereocenters. The van der Waals surface area contributed by atoms with Crippen molar-refractivity contribution in [2.75, 3.05) is 18.8 Å². The Bertz CT molecular complexity index is 573. The molecule has 1 aromatic rings. The first kappa shape index (κ1) is 15.0. The van der Waals surface area contributed by atoms with Crippen LogP contribution in [0.5, 0.6) is 0 Å². The van der Waals surface area contributed by atoms with Crippen LogP contribution in [0.3, 0.4) is 0 Å². The molecule has 1 aliphatic rings. The first-order valence-electron chi connectivity index (χ1n) is 6.36. The largest absolute Gasteiger partial charge is 0.387 e. The van der Waals surface area contributed by atoms with Gasteiger partial charge in [0.1, 0.15) is 0 Å². The molecular formula is C13H18N2O4S. The van der Waals surface area contributed by atoms with Gasteiger partial charge in [-0.1, -0.05) is 30.3 Å². The standard InChI is InChI=1S/C13H18N2O4S/c14-20(18,19)9-10-6-13(17)15(7-10)8-12(16)11-4-2-1-3-5-11/h1-5,10,12,16H,6-9H2,(H2,14,18,19)/t10?,12-/m1/s1. The molecule has 1 fully saturated rings. The van der Waals surface area contributed by atoms with Gasteiger partial charge in [-0.05, 0) is 5.56 Å². The number of likely N-dealkylation sites (tertiary alicyclic amines) is 1. The summed E-state index contributed by atoms with van der Waals surface area (Å²) in [6.07, 6.45) is -0.605. The van der Waals surface area contributed by atoms with Crippen molar-refractivity contribution >= 4 is 15.9 Å². The van der Waals surface area contributed by atoms with Crippen LogP contribution in [0.25, 0.3) is 0 Å². The quantitative estimate of drug-likeness (QED) is 0.790. The molecule has 1 saturated heterocycles. The third-order valence-corrected chi connectivity index (χ3v) is 4.28. The fourth-order valence-corrected chi connectivity index (χ4v) is 3.34. The Morgan fingerprint density at radius 2 is 2.00 bits per heavy atom. The molecule has 20 heavy (non-hydrogen) atoms. The number of nitrogens with zero attached hydrogens (tertiary/aromatic N) is 1. The van der Waals surface area contributed by atoms with E-state index in [0.717, 1.165) is 5.56 Å². The van der Waals surface area contributed by atoms with Crippen molar-refractivity contribution < 1.29 is 18.3 Å². The highest BCUT2D eigenvalue weighted by atomic mass is 32.2. The van der Waals surface area contributed by atoms with Crippen molar-refractivity contribution in [2.45, 2.75) is 12.5 Å². The van der Waals surface area contributed by atoms with E-state index < -0.39 is 16.1 Å². The van der Waals surface area contributed by atoms with Crippen molar-refractivity contribution in [1.29, 1.82) is 0 Å². The van der Waals surface area contributed by atoms with Crippen LogP contribution in [0.1, 0.15) is 18.1 Å². The zero-order valence-corrected chi connectivity index (χ0v) is 11.8. The van der Waals surface area contributed by atoms with Gasteiger partial charge in [0.05, 0.1) is 18.4 Å². The highest BCUT2D eigenvalue weighted by molar-refractivity contribution is 7.89. The Hall–Kier alpha value is -1.44. The average molecular weight is 298 g/mol. The van der Waals surface area contributed by atoms with Crippen LogP contribution in [-0.2, 0) is 14.8 Å². The highest BCUT2D eigenvalue weighted by Gasteiger charge is 2.32. The molecule has 1 aromatic carbocycles. The topological polar surface area (TPSA) is 101 Å². The number of carbonyl (C=O) groups is 1. The number of carbonyl (C=O) groups excluding carboxylic acids is 1. The Balaban J connectivity index is 1.95. The van der Waals surface area contributed by atoms with Crippen molar-refractivity contribution in [1.82, 2.24) is 4.90 Å². The molecule has 1 aliphatic heterocycles. The summed E-state index contributed by atoms with van der Waals surface area (Å²) in [6, 6.07) is 9.04. The monoisotopic (exact) mass is 298 g/mol. The van der Waals surface area contributed by atoms with Gasteiger partial charge < -0.3 is 10.0 Å². The molecule has 2 rings (SSSR count). The Kier molecular flexibility index (Phi) is 4.42. The van der Waals surface area contributed by atoms with Crippen molar-refractivity contribution in [3.05, 3.63) is 35.9 Å². The maximum atomic E-state index is 11.8. The van der Waals surface area contributed by atoms with Crippen molar-refractivity contribution in [2.24, 2.45) is 11.1 Å². The molecule has 0 bridgehead atoms. The number of hydrogen-bond donors (Lipinski definition) is 2. The van der Waals surface area contributed by atoms with Crippen LogP contribution in [-0.4, -0.2) is 43.2 Å². The van der Waals surface area contributed by atoms with E-state index in [4.69, 9.17) is 5.14 Å². The summed E-state index contributed by atoms with van der Waals surface area (Å²) in [6.45, 7) is 0.489. The Labute approximate surface area is 118 Å². The molecule has 3 N–H and O–H groups in total. The average Bonchev–Trinajstić information content (AvgIpc) is 2.68. The second-order valence-corrected chi connectivity index (χ2v) is 6.78. The van der Waals surface area contributed by atoms with Gasteiger partial charge in [-0.15, -0.1) is 0 Å². The van der Waals surface area contributed by atoms with Crippen LogP contribution in [0.15, 0.2) is 30.3 Å². The molecule has 1 amide bonds. The number of aliphatic hydroxyl groups excluding tert-OH is 1. The zero-order chi connectivity index (χ0) is 14.8. The van der Waals surface area contributed by atoms with Gasteiger partial charge in [0.15, 0.2) is 0 Å². The molecular weight excluding hydrogens is 280 g/mol. The van der Waals surface area contributed by atoms with Gasteiger partial charge in [0, 0.05) is 18.9 Å². The summed E-state index contributed by atoms with van der Waals surface area (Å²) in [5.74, 6) is -0.634. The number of β-amino-alcohol motifs (C(OH)–C–C–N with tert-alkyl or cyclic N) is 1. The Morgan fingerprint density at radius 3 is 2.60 bits per heavy atom. The molecule has 0 aliphatic carbocycles. The minimum Gasteiger partial charge on any atom is -0.387 e. The van der Waals surface area contributed by atoms with Gasteiger partial charge in [0.2, 0.25) is 15.9 Å².